The summed E-state index contributed by atoms with van der Waals surface area (Å²) in [5.41, 5.74) is 5.00. The normalized spacial score (nSPS) is 18.7. The Labute approximate surface area is 141 Å². The first-order valence-electron chi connectivity index (χ1n) is 6.55. The van der Waals surface area contributed by atoms with E-state index in [0.717, 1.165) is 16.2 Å². The molecule has 2 rings (SSSR count). The Morgan fingerprint density at radius 3 is 2.78 bits per heavy atom. The third-order valence-corrected chi connectivity index (χ3v) is 6.50. The van der Waals surface area contributed by atoms with E-state index in [4.69, 9.17) is 22.4 Å². The van der Waals surface area contributed by atoms with Crippen molar-refractivity contribution in [3.05, 3.63) is 10.4 Å². The molecular weight excluding hydrogens is 368 g/mol. The number of anilines is 1. The van der Waals surface area contributed by atoms with Crippen LogP contribution in [0.25, 0.3) is 0 Å². The fourth-order valence-electron chi connectivity index (χ4n) is 2.28. The maximum Gasteiger partial charge on any atom is 0.407 e. The number of nitrogens with one attached hydrogen (secondary N) is 2. The molecule has 0 spiro atoms. The Balaban J connectivity index is 2.19. The molecule has 0 aliphatic carbocycles. The number of piperidine rings is 1. The smallest absolute Gasteiger partial charge is 0.407 e. The van der Waals surface area contributed by atoms with E-state index in [2.05, 4.69) is 10.0 Å². The molecule has 1 atom stereocenters. The van der Waals surface area contributed by atoms with Crippen molar-refractivity contribution in [1.29, 1.82) is 0 Å². The fraction of sp³-hybridized carbons (Fsp3) is 0.455. The molecule has 1 aromatic heterocycles. The summed E-state index contributed by atoms with van der Waals surface area (Å²) in [5, 5.41) is 11.2. The number of carbonyl (C=O) groups excluding carboxylic acids is 1. The number of urea groups is 1. The summed E-state index contributed by atoms with van der Waals surface area (Å²) in [4.78, 5) is 23.1. The van der Waals surface area contributed by atoms with Gasteiger partial charge in [-0.25, -0.2) is 22.7 Å². The molecule has 128 valence electrons. The van der Waals surface area contributed by atoms with E-state index < -0.39 is 28.2 Å². The monoisotopic (exact) mass is 382 g/mol. The average Bonchev–Trinajstić information content (AvgIpc) is 2.79. The highest BCUT2D eigenvalue weighted by Crippen LogP contribution is 2.35. The van der Waals surface area contributed by atoms with E-state index in [0.29, 0.717) is 19.4 Å². The zero-order valence-corrected chi connectivity index (χ0v) is 14.2. The molecule has 9 nitrogen and oxygen atoms in total. The van der Waals surface area contributed by atoms with Crippen molar-refractivity contribution in [2.45, 2.75) is 23.1 Å². The third kappa shape index (κ3) is 4.47. The molecule has 1 aromatic rings. The van der Waals surface area contributed by atoms with Crippen LogP contribution in [0.2, 0.25) is 4.34 Å². The van der Waals surface area contributed by atoms with Crippen LogP contribution in [0.15, 0.2) is 10.3 Å². The van der Waals surface area contributed by atoms with Crippen molar-refractivity contribution in [3.8, 4) is 0 Å². The van der Waals surface area contributed by atoms with Crippen molar-refractivity contribution in [1.82, 2.24) is 9.62 Å². The average molecular weight is 383 g/mol. The van der Waals surface area contributed by atoms with Gasteiger partial charge in [-0.05, 0) is 18.9 Å². The fourth-order valence-corrected chi connectivity index (χ4v) is 5.33. The van der Waals surface area contributed by atoms with Crippen LogP contribution in [-0.2, 0) is 10.0 Å². The summed E-state index contributed by atoms with van der Waals surface area (Å²) in [5.74, 6) is 0. The van der Waals surface area contributed by atoms with Crippen LogP contribution in [0, 0.1) is 0 Å². The zero-order chi connectivity index (χ0) is 17.2. The van der Waals surface area contributed by atoms with E-state index >= 15 is 0 Å². The number of halogens is 1. The highest BCUT2D eigenvalue weighted by Gasteiger charge is 2.30. The second-order valence-corrected chi connectivity index (χ2v) is 8.52. The van der Waals surface area contributed by atoms with E-state index in [9.17, 15) is 18.0 Å². The molecule has 2 heterocycles. The number of sulfonamides is 1. The van der Waals surface area contributed by atoms with Crippen LogP contribution in [0.1, 0.15) is 12.8 Å². The highest BCUT2D eigenvalue weighted by atomic mass is 35.5. The molecule has 0 bridgehead atoms. The molecule has 5 N–H and O–H groups in total. The van der Waals surface area contributed by atoms with Gasteiger partial charge in [-0.15, -0.1) is 11.3 Å². The van der Waals surface area contributed by atoms with Gasteiger partial charge in [0, 0.05) is 19.1 Å². The Morgan fingerprint density at radius 1 is 1.48 bits per heavy atom. The van der Waals surface area contributed by atoms with Crippen LogP contribution in [0.3, 0.4) is 0 Å². The first kappa shape index (κ1) is 17.8. The van der Waals surface area contributed by atoms with E-state index in [1.807, 2.05) is 0 Å². The molecule has 1 aliphatic heterocycles. The summed E-state index contributed by atoms with van der Waals surface area (Å²) in [6.45, 7) is 0.430. The Kier molecular flexibility index (Phi) is 5.34. The van der Waals surface area contributed by atoms with Gasteiger partial charge in [-0.1, -0.05) is 11.6 Å². The van der Waals surface area contributed by atoms with Crippen molar-refractivity contribution in [2.75, 3.05) is 18.4 Å². The van der Waals surface area contributed by atoms with Crippen LogP contribution in [0.5, 0.6) is 0 Å². The van der Waals surface area contributed by atoms with Crippen LogP contribution >= 0.6 is 22.9 Å². The molecule has 23 heavy (non-hydrogen) atoms. The van der Waals surface area contributed by atoms with E-state index in [-0.39, 0.29) is 20.8 Å². The minimum Gasteiger partial charge on any atom is -0.465 e. The summed E-state index contributed by atoms with van der Waals surface area (Å²) < 4.78 is 27.4. The lowest BCUT2D eigenvalue weighted by Crippen LogP contribution is -2.49. The standard InChI is InChI=1S/C11H15ClN4O5S2/c12-8-4-7(14-10(13)17)9(22-8)23(20,21)15-6-2-1-3-16(5-6)11(18)19/h4,6,15H,1-3,5H2,(H,18,19)(H3,13,14,17)/t6-/m0/s1. The lowest BCUT2D eigenvalue weighted by Gasteiger charge is -2.30. The van der Waals surface area contributed by atoms with Gasteiger partial charge >= 0.3 is 12.1 Å². The molecule has 3 amide bonds. The number of likely N-dealkylation sites (tertiary alicyclic amines) is 1. The number of thiophene rings is 1. The Hall–Kier alpha value is -1.56. The van der Waals surface area contributed by atoms with Crippen LogP contribution < -0.4 is 15.8 Å². The quantitative estimate of drug-likeness (QED) is 0.621. The van der Waals surface area contributed by atoms with Crippen LogP contribution in [0.4, 0.5) is 15.3 Å². The number of amides is 3. The van der Waals surface area contributed by atoms with Crippen molar-refractivity contribution in [2.24, 2.45) is 5.73 Å². The van der Waals surface area contributed by atoms with E-state index in [1.54, 1.807) is 0 Å². The third-order valence-electron chi connectivity index (χ3n) is 3.18. The molecule has 0 unspecified atom stereocenters. The molecular formula is C11H15ClN4O5S2. The Bertz CT molecular complexity index is 720. The number of nitrogens with two attached hydrogens (primary N) is 1. The van der Waals surface area contributed by atoms with Gasteiger partial charge in [-0.2, -0.15) is 0 Å². The predicted octanol–water partition coefficient (Wildman–Crippen LogP) is 1.31. The lowest BCUT2D eigenvalue weighted by molar-refractivity contribution is 0.129. The van der Waals surface area contributed by atoms with Gasteiger partial charge in [0.15, 0.2) is 4.21 Å². The SMILES string of the molecule is NC(=O)Nc1cc(Cl)sc1S(=O)(=O)N[C@H]1CCCN(C(=O)O)C1. The molecule has 0 aromatic carbocycles. The number of nitrogens with zero attached hydrogens (tertiary/aromatic N) is 1. The van der Waals surface area contributed by atoms with Crippen molar-refractivity contribution >= 4 is 50.8 Å². The first-order valence-corrected chi connectivity index (χ1v) is 9.23. The van der Waals surface area contributed by atoms with Gasteiger partial charge in [0.05, 0.1) is 10.0 Å². The minimum atomic E-state index is -3.97. The molecule has 1 fully saturated rings. The predicted molar refractivity (Wildman–Crippen MR) is 85.5 cm³/mol. The van der Waals surface area contributed by atoms with Gasteiger partial charge in [0.1, 0.15) is 0 Å². The molecule has 1 aliphatic rings. The largest absolute Gasteiger partial charge is 0.465 e. The molecule has 0 radical (unpaired) electrons. The Morgan fingerprint density at radius 2 is 2.17 bits per heavy atom. The van der Waals surface area contributed by atoms with Gasteiger partial charge in [0.25, 0.3) is 10.0 Å². The van der Waals surface area contributed by atoms with Crippen LogP contribution in [-0.4, -0.2) is 49.7 Å². The van der Waals surface area contributed by atoms with E-state index in [1.165, 1.54) is 6.07 Å². The number of primary amides is 1. The second-order valence-electron chi connectivity index (χ2n) is 4.93. The number of rotatable bonds is 4. The minimum absolute atomic E-state index is 0.00843. The van der Waals surface area contributed by atoms with Gasteiger partial charge in [-0.3, -0.25) is 0 Å². The lowest BCUT2D eigenvalue weighted by atomic mass is 10.1. The second kappa shape index (κ2) is 6.91. The van der Waals surface area contributed by atoms with Gasteiger partial charge < -0.3 is 21.1 Å². The highest BCUT2D eigenvalue weighted by molar-refractivity contribution is 7.91. The maximum atomic E-state index is 12.5. The summed E-state index contributed by atoms with van der Waals surface area (Å²) in [7, 11) is -3.97. The molecule has 1 saturated heterocycles. The molecule has 0 saturated carbocycles. The molecule has 12 heteroatoms. The summed E-state index contributed by atoms with van der Waals surface area (Å²) >= 11 is 6.58. The number of hydrogen-bond acceptors (Lipinski definition) is 5. The van der Waals surface area contributed by atoms with Crippen molar-refractivity contribution < 1.29 is 23.1 Å². The van der Waals surface area contributed by atoms with Crippen molar-refractivity contribution in [3.63, 3.8) is 0 Å². The number of carboxylic acid groups (broad SMARTS) is 1. The zero-order valence-electron chi connectivity index (χ0n) is 11.8. The first-order chi connectivity index (χ1) is 10.7. The van der Waals surface area contributed by atoms with Gasteiger partial charge in [0.2, 0.25) is 0 Å². The maximum absolute atomic E-state index is 12.5. The summed E-state index contributed by atoms with van der Waals surface area (Å²) in [6, 6.07) is -0.173. The number of hydrogen-bond donors (Lipinski definition) is 4. The topological polar surface area (TPSA) is 142 Å². The summed E-state index contributed by atoms with van der Waals surface area (Å²) in [6.07, 6.45) is -0.0261. The number of carbonyl (C=O) groups is 2.